The van der Waals surface area contributed by atoms with Gasteiger partial charge < -0.3 is 5.32 Å². The van der Waals surface area contributed by atoms with Crippen molar-refractivity contribution in [2.75, 3.05) is 13.6 Å². The second-order valence-corrected chi connectivity index (χ2v) is 4.97. The van der Waals surface area contributed by atoms with Crippen LogP contribution in [-0.2, 0) is 6.42 Å². The number of hydrogen-bond acceptors (Lipinski definition) is 1. The Morgan fingerprint density at radius 1 is 1.25 bits per heavy atom. The highest BCUT2D eigenvalue weighted by Gasteiger charge is 2.15. The summed E-state index contributed by atoms with van der Waals surface area (Å²) < 4.78 is 0. The van der Waals surface area contributed by atoms with Crippen LogP contribution in [0.1, 0.15) is 25.8 Å². The van der Waals surface area contributed by atoms with Gasteiger partial charge in [-0.25, -0.2) is 0 Å². The Morgan fingerprint density at radius 3 is 2.38 bits per heavy atom. The molecule has 0 amide bonds. The van der Waals surface area contributed by atoms with Gasteiger partial charge in [-0.15, -0.1) is 0 Å². The molecule has 1 N–H and O–H groups in total. The van der Waals surface area contributed by atoms with Gasteiger partial charge in [0.15, 0.2) is 0 Å². The van der Waals surface area contributed by atoms with Gasteiger partial charge in [0.1, 0.15) is 0 Å². The second-order valence-electron chi connectivity index (χ2n) is 4.53. The van der Waals surface area contributed by atoms with E-state index in [1.54, 1.807) is 0 Å². The van der Waals surface area contributed by atoms with E-state index in [1.807, 2.05) is 19.2 Å². The molecule has 90 valence electrons. The van der Waals surface area contributed by atoms with Gasteiger partial charge in [-0.05, 0) is 49.5 Å². The molecule has 2 atom stereocenters. The Balaban J connectivity index is 2.63. The summed E-state index contributed by atoms with van der Waals surface area (Å²) in [7, 11) is 2.03. The zero-order valence-electron chi connectivity index (χ0n) is 10.5. The monoisotopic (exact) mass is 239 g/mol. The molecule has 0 aliphatic carbocycles. The average Bonchev–Trinajstić information content (AvgIpc) is 2.30. The summed E-state index contributed by atoms with van der Waals surface area (Å²) in [6, 6.07) is 8.22. The smallest absolute Gasteiger partial charge is 0.0406 e. The van der Waals surface area contributed by atoms with E-state index >= 15 is 0 Å². The molecule has 16 heavy (non-hydrogen) atoms. The number of benzene rings is 1. The zero-order chi connectivity index (χ0) is 12.0. The summed E-state index contributed by atoms with van der Waals surface area (Å²) in [5.74, 6) is 1.46. The molecule has 1 nitrogen and oxygen atoms in total. The van der Waals surface area contributed by atoms with Gasteiger partial charge in [-0.2, -0.15) is 0 Å². The van der Waals surface area contributed by atoms with Crippen LogP contribution in [0.4, 0.5) is 0 Å². The molecule has 2 heteroatoms. The molecule has 0 aromatic heterocycles. The van der Waals surface area contributed by atoms with Crippen LogP contribution in [0.25, 0.3) is 0 Å². The van der Waals surface area contributed by atoms with Crippen LogP contribution < -0.4 is 5.32 Å². The molecular weight excluding hydrogens is 218 g/mol. The third kappa shape index (κ3) is 4.15. The van der Waals surface area contributed by atoms with Crippen molar-refractivity contribution in [2.45, 2.75) is 26.7 Å². The van der Waals surface area contributed by atoms with Crippen molar-refractivity contribution in [3.05, 3.63) is 34.9 Å². The normalized spacial score (nSPS) is 14.8. The van der Waals surface area contributed by atoms with E-state index in [2.05, 4.69) is 31.3 Å². The average molecular weight is 240 g/mol. The van der Waals surface area contributed by atoms with E-state index < -0.39 is 0 Å². The van der Waals surface area contributed by atoms with Gasteiger partial charge in [-0.1, -0.05) is 44.0 Å². The Kier molecular flexibility index (Phi) is 5.86. The van der Waals surface area contributed by atoms with E-state index in [0.717, 1.165) is 23.9 Å². The molecule has 0 fully saturated rings. The van der Waals surface area contributed by atoms with Crippen LogP contribution in [0.5, 0.6) is 0 Å². The topological polar surface area (TPSA) is 12.0 Å². The third-order valence-electron chi connectivity index (χ3n) is 3.33. The summed E-state index contributed by atoms with van der Waals surface area (Å²) >= 11 is 5.89. The van der Waals surface area contributed by atoms with E-state index in [4.69, 9.17) is 11.6 Å². The first-order chi connectivity index (χ1) is 7.67. The van der Waals surface area contributed by atoms with Crippen molar-refractivity contribution in [3.63, 3.8) is 0 Å². The van der Waals surface area contributed by atoms with Gasteiger partial charge in [0.05, 0.1) is 0 Å². The van der Waals surface area contributed by atoms with Gasteiger partial charge >= 0.3 is 0 Å². The fourth-order valence-electron chi connectivity index (χ4n) is 1.99. The molecule has 1 aromatic carbocycles. The summed E-state index contributed by atoms with van der Waals surface area (Å²) in [6.07, 6.45) is 2.37. The summed E-state index contributed by atoms with van der Waals surface area (Å²) in [4.78, 5) is 0. The van der Waals surface area contributed by atoms with Gasteiger partial charge in [0.25, 0.3) is 0 Å². The maximum Gasteiger partial charge on any atom is 0.0406 e. The Bertz CT molecular complexity index is 294. The van der Waals surface area contributed by atoms with Crippen LogP contribution in [0.15, 0.2) is 24.3 Å². The van der Waals surface area contributed by atoms with Crippen molar-refractivity contribution >= 4 is 11.6 Å². The highest BCUT2D eigenvalue weighted by atomic mass is 35.5. The zero-order valence-corrected chi connectivity index (χ0v) is 11.2. The lowest BCUT2D eigenvalue weighted by Gasteiger charge is -2.22. The lowest BCUT2D eigenvalue weighted by atomic mass is 9.86. The molecule has 0 heterocycles. The van der Waals surface area contributed by atoms with Crippen LogP contribution >= 0.6 is 11.6 Å². The molecule has 0 bridgehead atoms. The standard InChI is InChI=1S/C14H22ClN/c1-4-11(2)13(10-16-3)9-12-5-7-14(15)8-6-12/h5-8,11,13,16H,4,9-10H2,1-3H3. The number of hydrogen-bond donors (Lipinski definition) is 1. The molecule has 2 unspecified atom stereocenters. The van der Waals surface area contributed by atoms with E-state index in [0.29, 0.717) is 5.92 Å². The quantitative estimate of drug-likeness (QED) is 0.797. The maximum atomic E-state index is 5.89. The Labute approximate surface area is 104 Å². The van der Waals surface area contributed by atoms with Gasteiger partial charge in [0, 0.05) is 5.02 Å². The van der Waals surface area contributed by atoms with Crippen LogP contribution in [-0.4, -0.2) is 13.6 Å². The molecular formula is C14H22ClN. The molecule has 1 aromatic rings. The molecule has 0 saturated heterocycles. The molecule has 0 spiro atoms. The number of halogens is 1. The molecule has 0 radical (unpaired) electrons. The fourth-order valence-corrected chi connectivity index (χ4v) is 2.12. The third-order valence-corrected chi connectivity index (χ3v) is 3.58. The van der Waals surface area contributed by atoms with E-state index in [-0.39, 0.29) is 0 Å². The van der Waals surface area contributed by atoms with Crippen LogP contribution in [0.3, 0.4) is 0 Å². The predicted octanol–water partition coefficient (Wildman–Crippen LogP) is 3.76. The predicted molar refractivity (Wildman–Crippen MR) is 72.0 cm³/mol. The number of nitrogens with one attached hydrogen (secondary N) is 1. The molecule has 0 saturated carbocycles. The first kappa shape index (κ1) is 13.5. The van der Waals surface area contributed by atoms with Crippen LogP contribution in [0.2, 0.25) is 5.02 Å². The van der Waals surface area contributed by atoms with E-state index in [9.17, 15) is 0 Å². The van der Waals surface area contributed by atoms with E-state index in [1.165, 1.54) is 12.0 Å². The molecule has 1 rings (SSSR count). The lowest BCUT2D eigenvalue weighted by Crippen LogP contribution is -2.26. The van der Waals surface area contributed by atoms with Crippen molar-refractivity contribution in [1.29, 1.82) is 0 Å². The lowest BCUT2D eigenvalue weighted by molar-refractivity contribution is 0.337. The van der Waals surface area contributed by atoms with Gasteiger partial charge in [-0.3, -0.25) is 0 Å². The first-order valence-corrected chi connectivity index (χ1v) is 6.44. The van der Waals surface area contributed by atoms with Crippen LogP contribution in [0, 0.1) is 11.8 Å². The Morgan fingerprint density at radius 2 is 1.88 bits per heavy atom. The second kappa shape index (κ2) is 6.93. The summed E-state index contributed by atoms with van der Waals surface area (Å²) in [6.45, 7) is 5.67. The molecule has 0 aliphatic heterocycles. The highest BCUT2D eigenvalue weighted by molar-refractivity contribution is 6.30. The first-order valence-electron chi connectivity index (χ1n) is 6.06. The van der Waals surface area contributed by atoms with Gasteiger partial charge in [0.2, 0.25) is 0 Å². The van der Waals surface area contributed by atoms with Crippen molar-refractivity contribution in [2.24, 2.45) is 11.8 Å². The Hall–Kier alpha value is -0.530. The molecule has 0 aliphatic rings. The van der Waals surface area contributed by atoms with Crippen molar-refractivity contribution in [3.8, 4) is 0 Å². The summed E-state index contributed by atoms with van der Waals surface area (Å²) in [5.41, 5.74) is 1.38. The number of rotatable bonds is 6. The van der Waals surface area contributed by atoms with Crippen molar-refractivity contribution in [1.82, 2.24) is 5.32 Å². The minimum Gasteiger partial charge on any atom is -0.319 e. The summed E-state index contributed by atoms with van der Waals surface area (Å²) in [5, 5.41) is 4.11. The highest BCUT2D eigenvalue weighted by Crippen LogP contribution is 2.20. The largest absolute Gasteiger partial charge is 0.319 e. The fraction of sp³-hybridized carbons (Fsp3) is 0.571. The minimum atomic E-state index is 0.705. The maximum absolute atomic E-state index is 5.89. The SMILES string of the molecule is CCC(C)C(CNC)Cc1ccc(Cl)cc1. The van der Waals surface area contributed by atoms with Crippen molar-refractivity contribution < 1.29 is 0 Å². The minimum absolute atomic E-state index is 0.705.